The van der Waals surface area contributed by atoms with Crippen molar-refractivity contribution in [1.29, 1.82) is 0 Å². The van der Waals surface area contributed by atoms with E-state index in [1.54, 1.807) is 18.3 Å². The molecular formula is C17H18ClFN4S. The van der Waals surface area contributed by atoms with Crippen LogP contribution in [-0.2, 0) is 5.41 Å². The fourth-order valence-electron chi connectivity index (χ4n) is 2.29. The van der Waals surface area contributed by atoms with E-state index in [1.165, 1.54) is 17.4 Å². The summed E-state index contributed by atoms with van der Waals surface area (Å²) >= 11 is 7.57. The Morgan fingerprint density at radius 2 is 2.08 bits per heavy atom. The molecule has 0 aliphatic carbocycles. The SMILES string of the molecule is CC(C)(C)c1nc(-c2cccc(N)c2F)c(C2=CC=NC(Cl)N2)s1. The number of nitrogens with two attached hydrogens (primary N) is 1. The van der Waals surface area contributed by atoms with Crippen LogP contribution in [0.4, 0.5) is 10.1 Å². The zero-order valence-electron chi connectivity index (χ0n) is 13.6. The molecule has 0 radical (unpaired) electrons. The molecule has 1 aliphatic heterocycles. The monoisotopic (exact) mass is 364 g/mol. The molecule has 2 aromatic rings. The summed E-state index contributed by atoms with van der Waals surface area (Å²) in [6, 6.07) is 4.95. The summed E-state index contributed by atoms with van der Waals surface area (Å²) in [6.07, 6.45) is 3.45. The number of hydrogen-bond acceptors (Lipinski definition) is 5. The number of anilines is 1. The van der Waals surface area contributed by atoms with E-state index in [4.69, 9.17) is 22.3 Å². The maximum Gasteiger partial charge on any atom is 0.195 e. The summed E-state index contributed by atoms with van der Waals surface area (Å²) in [5.74, 6) is -0.461. The van der Waals surface area contributed by atoms with Crippen molar-refractivity contribution in [2.75, 3.05) is 5.73 Å². The van der Waals surface area contributed by atoms with Crippen molar-refractivity contribution in [3.8, 4) is 11.3 Å². The van der Waals surface area contributed by atoms with Gasteiger partial charge in [0.05, 0.1) is 27.0 Å². The highest BCUT2D eigenvalue weighted by Crippen LogP contribution is 2.39. The van der Waals surface area contributed by atoms with Crippen molar-refractivity contribution in [1.82, 2.24) is 10.3 Å². The lowest BCUT2D eigenvalue weighted by atomic mass is 9.98. The molecule has 24 heavy (non-hydrogen) atoms. The minimum absolute atomic E-state index is 0.103. The summed E-state index contributed by atoms with van der Waals surface area (Å²) in [5.41, 5.74) is 6.84. The van der Waals surface area contributed by atoms with Gasteiger partial charge < -0.3 is 11.1 Å². The minimum atomic E-state index is -0.552. The second-order valence-electron chi connectivity index (χ2n) is 6.51. The lowest BCUT2D eigenvalue weighted by molar-refractivity contribution is 0.585. The van der Waals surface area contributed by atoms with E-state index >= 15 is 0 Å². The van der Waals surface area contributed by atoms with E-state index in [9.17, 15) is 4.39 Å². The van der Waals surface area contributed by atoms with Crippen molar-refractivity contribution >= 4 is 40.5 Å². The first kappa shape index (κ1) is 16.9. The number of rotatable bonds is 2. The van der Waals surface area contributed by atoms with Crippen molar-refractivity contribution in [3.05, 3.63) is 40.0 Å². The molecule has 7 heteroatoms. The molecule has 3 N–H and O–H groups in total. The van der Waals surface area contributed by atoms with Crippen molar-refractivity contribution in [2.24, 2.45) is 4.99 Å². The first-order valence-electron chi connectivity index (χ1n) is 7.47. The average Bonchev–Trinajstić information content (AvgIpc) is 2.95. The van der Waals surface area contributed by atoms with Crippen molar-refractivity contribution in [3.63, 3.8) is 0 Å². The average molecular weight is 365 g/mol. The van der Waals surface area contributed by atoms with Crippen LogP contribution in [0.3, 0.4) is 0 Å². The summed E-state index contributed by atoms with van der Waals surface area (Å²) in [5, 5.41) is 3.99. The lowest BCUT2D eigenvalue weighted by Gasteiger charge is -2.16. The Balaban J connectivity index is 2.21. The fourth-order valence-corrected chi connectivity index (χ4v) is 3.60. The summed E-state index contributed by atoms with van der Waals surface area (Å²) < 4.78 is 14.6. The molecule has 1 aromatic heterocycles. The molecule has 0 spiro atoms. The number of nitrogens with zero attached hydrogens (tertiary/aromatic N) is 2. The molecule has 0 saturated carbocycles. The predicted molar refractivity (Wildman–Crippen MR) is 99.9 cm³/mol. The Bertz CT molecular complexity index is 836. The van der Waals surface area contributed by atoms with Crippen LogP contribution in [0, 0.1) is 5.82 Å². The Hall–Kier alpha value is -1.92. The zero-order chi connectivity index (χ0) is 17.5. The molecule has 0 fully saturated rings. The van der Waals surface area contributed by atoms with Gasteiger partial charge in [-0.25, -0.2) is 9.37 Å². The van der Waals surface area contributed by atoms with Crippen molar-refractivity contribution < 1.29 is 4.39 Å². The number of aromatic nitrogens is 1. The van der Waals surface area contributed by atoms with Crippen LogP contribution in [0.2, 0.25) is 0 Å². The van der Waals surface area contributed by atoms with Gasteiger partial charge in [-0.2, -0.15) is 0 Å². The van der Waals surface area contributed by atoms with Crippen LogP contribution in [-0.4, -0.2) is 16.8 Å². The normalized spacial score (nSPS) is 17.5. The number of nitrogen functional groups attached to an aromatic ring is 1. The number of allylic oxidation sites excluding steroid dienone is 1. The van der Waals surface area contributed by atoms with E-state index in [-0.39, 0.29) is 11.1 Å². The fraction of sp³-hybridized carbons (Fsp3) is 0.294. The van der Waals surface area contributed by atoms with E-state index in [2.05, 4.69) is 31.1 Å². The zero-order valence-corrected chi connectivity index (χ0v) is 15.2. The van der Waals surface area contributed by atoms with Gasteiger partial charge in [-0.05, 0) is 18.2 Å². The molecule has 0 bridgehead atoms. The molecule has 1 unspecified atom stereocenters. The van der Waals surface area contributed by atoms with Crippen LogP contribution in [0.25, 0.3) is 17.0 Å². The van der Waals surface area contributed by atoms with Crippen LogP contribution in [0.5, 0.6) is 0 Å². The van der Waals surface area contributed by atoms with Gasteiger partial charge in [-0.15, -0.1) is 11.3 Å². The molecule has 0 saturated heterocycles. The van der Waals surface area contributed by atoms with E-state index < -0.39 is 11.4 Å². The Morgan fingerprint density at radius 1 is 1.33 bits per heavy atom. The highest BCUT2D eigenvalue weighted by molar-refractivity contribution is 7.13. The Morgan fingerprint density at radius 3 is 2.75 bits per heavy atom. The van der Waals surface area contributed by atoms with Gasteiger partial charge in [-0.3, -0.25) is 4.99 Å². The number of alkyl halides is 1. The first-order valence-corrected chi connectivity index (χ1v) is 8.73. The number of thiazole rings is 1. The smallest absolute Gasteiger partial charge is 0.195 e. The molecule has 0 amide bonds. The standard InChI is InChI=1S/C17H18ClFN4S/c1-17(2,3)15-23-13(9-5-4-6-10(20)12(9)19)14(24-15)11-7-8-21-16(18)22-11/h4-8,16,22H,20H2,1-3H3. The molecule has 2 heterocycles. The maximum atomic E-state index is 14.6. The molecule has 1 aromatic carbocycles. The Labute approximate surface area is 149 Å². The number of benzene rings is 1. The topological polar surface area (TPSA) is 63.3 Å². The maximum absolute atomic E-state index is 14.6. The first-order chi connectivity index (χ1) is 11.3. The van der Waals surface area contributed by atoms with Crippen LogP contribution in [0.1, 0.15) is 30.7 Å². The number of aliphatic imine (C=N–C) groups is 1. The molecular weight excluding hydrogens is 347 g/mol. The summed E-state index contributed by atoms with van der Waals surface area (Å²) in [4.78, 5) is 9.57. The van der Waals surface area contributed by atoms with Gasteiger partial charge >= 0.3 is 0 Å². The highest BCUT2D eigenvalue weighted by atomic mass is 35.5. The van der Waals surface area contributed by atoms with Gasteiger partial charge in [0.15, 0.2) is 11.4 Å². The highest BCUT2D eigenvalue weighted by Gasteiger charge is 2.26. The largest absolute Gasteiger partial charge is 0.396 e. The third kappa shape index (κ3) is 3.16. The van der Waals surface area contributed by atoms with Gasteiger partial charge in [0.25, 0.3) is 0 Å². The van der Waals surface area contributed by atoms with Gasteiger partial charge in [0.1, 0.15) is 0 Å². The second-order valence-corrected chi connectivity index (χ2v) is 7.93. The Kier molecular flexibility index (Phi) is 4.36. The van der Waals surface area contributed by atoms with Gasteiger partial charge in [0, 0.05) is 17.2 Å². The lowest BCUT2D eigenvalue weighted by Crippen LogP contribution is -2.23. The van der Waals surface area contributed by atoms with E-state index in [1.807, 2.05) is 6.08 Å². The molecule has 126 valence electrons. The van der Waals surface area contributed by atoms with Crippen LogP contribution in [0.15, 0.2) is 29.3 Å². The van der Waals surface area contributed by atoms with Crippen LogP contribution < -0.4 is 11.1 Å². The summed E-state index contributed by atoms with van der Waals surface area (Å²) in [6.45, 7) is 6.22. The molecule has 1 aliphatic rings. The van der Waals surface area contributed by atoms with E-state index in [0.29, 0.717) is 11.3 Å². The van der Waals surface area contributed by atoms with Gasteiger partial charge in [0.2, 0.25) is 0 Å². The van der Waals surface area contributed by atoms with Gasteiger partial charge in [-0.1, -0.05) is 38.4 Å². The van der Waals surface area contributed by atoms with E-state index in [0.717, 1.165) is 15.6 Å². The molecule has 3 rings (SSSR count). The number of hydrogen-bond donors (Lipinski definition) is 2. The van der Waals surface area contributed by atoms with Crippen LogP contribution >= 0.6 is 22.9 Å². The molecule has 1 atom stereocenters. The quantitative estimate of drug-likeness (QED) is 0.472. The molecule has 4 nitrogen and oxygen atoms in total. The number of nitrogens with one attached hydrogen (secondary N) is 1. The number of halogens is 2. The minimum Gasteiger partial charge on any atom is -0.396 e. The third-order valence-corrected chi connectivity index (χ3v) is 5.27. The predicted octanol–water partition coefficient (Wildman–Crippen LogP) is 4.37. The van der Waals surface area contributed by atoms with Crippen molar-refractivity contribution in [2.45, 2.75) is 31.8 Å². The second kappa shape index (κ2) is 6.18. The third-order valence-electron chi connectivity index (χ3n) is 3.53. The summed E-state index contributed by atoms with van der Waals surface area (Å²) in [7, 11) is 0.